The molecule has 8 heteroatoms. The first-order chi connectivity index (χ1) is 18.5. The van der Waals surface area contributed by atoms with Crippen molar-refractivity contribution >= 4 is 15.7 Å². The van der Waals surface area contributed by atoms with Crippen LogP contribution in [-0.4, -0.2) is 57.2 Å². The second-order valence-corrected chi connectivity index (χ2v) is 12.0. The normalized spacial score (nSPS) is 18.6. The van der Waals surface area contributed by atoms with Gasteiger partial charge in [-0.05, 0) is 67.1 Å². The number of anilines is 1. The van der Waals surface area contributed by atoms with Gasteiger partial charge in [-0.1, -0.05) is 49.4 Å². The van der Waals surface area contributed by atoms with E-state index in [0.717, 1.165) is 42.7 Å². The number of ether oxygens (including phenoxy) is 1. The van der Waals surface area contributed by atoms with Gasteiger partial charge in [0.2, 0.25) is 10.0 Å². The molecule has 0 radical (unpaired) electrons. The van der Waals surface area contributed by atoms with E-state index in [4.69, 9.17) is 4.74 Å². The van der Waals surface area contributed by atoms with Gasteiger partial charge in [0.25, 0.3) is 0 Å². The van der Waals surface area contributed by atoms with E-state index in [-0.39, 0.29) is 5.82 Å². The van der Waals surface area contributed by atoms with Crippen molar-refractivity contribution in [2.45, 2.75) is 37.9 Å². The topological polar surface area (TPSA) is 53.1 Å². The zero-order valence-electron chi connectivity index (χ0n) is 21.9. The maximum atomic E-state index is 14.0. The van der Waals surface area contributed by atoms with E-state index in [2.05, 4.69) is 29.2 Å². The predicted octanol–water partition coefficient (Wildman–Crippen LogP) is 5.41. The molecule has 0 N–H and O–H groups in total. The van der Waals surface area contributed by atoms with Crippen molar-refractivity contribution < 1.29 is 17.5 Å². The molecule has 1 fully saturated rings. The largest absolute Gasteiger partial charge is 0.493 e. The number of fused-ring (bicyclic) bond motifs is 1. The molecule has 0 aliphatic carbocycles. The molecule has 38 heavy (non-hydrogen) atoms. The minimum absolute atomic E-state index is 0.221. The van der Waals surface area contributed by atoms with Crippen LogP contribution in [0.2, 0.25) is 0 Å². The number of piperazine rings is 1. The third-order valence-electron chi connectivity index (χ3n) is 7.40. The van der Waals surface area contributed by atoms with Crippen molar-refractivity contribution in [1.29, 1.82) is 0 Å². The molecule has 6 nitrogen and oxygen atoms in total. The van der Waals surface area contributed by atoms with Crippen LogP contribution in [0.3, 0.4) is 0 Å². The van der Waals surface area contributed by atoms with Crippen molar-refractivity contribution in [3.63, 3.8) is 0 Å². The van der Waals surface area contributed by atoms with E-state index in [9.17, 15) is 12.8 Å². The molecule has 2 heterocycles. The van der Waals surface area contributed by atoms with Crippen LogP contribution in [-0.2, 0) is 16.4 Å². The Morgan fingerprint density at radius 1 is 0.921 bits per heavy atom. The molecule has 0 saturated carbocycles. The monoisotopic (exact) mass is 537 g/mol. The lowest BCUT2D eigenvalue weighted by atomic mass is 10.0. The number of para-hydroxylation sites is 1. The van der Waals surface area contributed by atoms with Crippen molar-refractivity contribution in [1.82, 2.24) is 9.42 Å². The Morgan fingerprint density at radius 2 is 1.58 bits per heavy atom. The minimum atomic E-state index is -3.61. The van der Waals surface area contributed by atoms with E-state index >= 15 is 0 Å². The highest BCUT2D eigenvalue weighted by Crippen LogP contribution is 2.38. The summed E-state index contributed by atoms with van der Waals surface area (Å²) in [4.78, 5) is 2.31. The lowest BCUT2D eigenvalue weighted by Crippen LogP contribution is -2.56. The lowest BCUT2D eigenvalue weighted by molar-refractivity contribution is 0.0515. The van der Waals surface area contributed by atoms with Crippen molar-refractivity contribution in [3.8, 4) is 5.75 Å². The fourth-order valence-corrected chi connectivity index (χ4v) is 7.60. The van der Waals surface area contributed by atoms with Crippen molar-refractivity contribution in [2.75, 3.05) is 44.2 Å². The number of hydrazine groups is 1. The summed E-state index contributed by atoms with van der Waals surface area (Å²) in [5.74, 6) is 0.462. The van der Waals surface area contributed by atoms with E-state index in [1.54, 1.807) is 4.41 Å². The molecular weight excluding hydrogens is 501 g/mol. The molecule has 0 amide bonds. The summed E-state index contributed by atoms with van der Waals surface area (Å²) in [6.07, 6.45) is 2.78. The molecule has 2 aliphatic rings. The number of sulfonamides is 1. The molecule has 3 aromatic carbocycles. The van der Waals surface area contributed by atoms with Crippen molar-refractivity contribution in [3.05, 3.63) is 95.3 Å². The highest BCUT2D eigenvalue weighted by molar-refractivity contribution is 7.89. The zero-order valence-corrected chi connectivity index (χ0v) is 22.7. The first kappa shape index (κ1) is 26.7. The Labute approximate surface area is 225 Å². The van der Waals surface area contributed by atoms with Crippen LogP contribution in [0.4, 0.5) is 10.1 Å². The van der Waals surface area contributed by atoms with Gasteiger partial charge >= 0.3 is 0 Å². The standard InChI is InChI=1S/C30H36FN3O3S/c1-2-17-34(38(35,36)30-8-5-22-37-29-7-4-3-6-28(29)30)33-20-18-32(19-21-33)27-15-11-25(12-16-27)23-24-9-13-26(31)14-10-24/h3-4,6-7,9-16,30H,2,5,8,17-23H2,1H3. The van der Waals surface area contributed by atoms with E-state index in [1.807, 2.05) is 48.3 Å². The molecule has 3 aromatic rings. The number of halogens is 1. The highest BCUT2D eigenvalue weighted by Gasteiger charge is 2.39. The number of rotatable bonds is 8. The molecule has 202 valence electrons. The Hall–Kier alpha value is -2.94. The summed E-state index contributed by atoms with van der Waals surface area (Å²) >= 11 is 0. The molecule has 1 unspecified atom stereocenters. The quantitative estimate of drug-likeness (QED) is 0.385. The highest BCUT2D eigenvalue weighted by atomic mass is 32.2. The third-order valence-corrected chi connectivity index (χ3v) is 9.61. The van der Waals surface area contributed by atoms with Gasteiger partial charge in [0.05, 0.1) is 6.61 Å². The maximum Gasteiger partial charge on any atom is 0.234 e. The average Bonchev–Trinajstić information content (AvgIpc) is 3.17. The van der Waals surface area contributed by atoms with Crippen LogP contribution in [0.1, 0.15) is 48.1 Å². The van der Waals surface area contributed by atoms with Gasteiger partial charge in [-0.2, -0.15) is 0 Å². The molecule has 5 rings (SSSR count). The van der Waals surface area contributed by atoms with Crippen LogP contribution >= 0.6 is 0 Å². The second kappa shape index (κ2) is 11.8. The van der Waals surface area contributed by atoms with Gasteiger partial charge in [0.15, 0.2) is 0 Å². The van der Waals surface area contributed by atoms with E-state index < -0.39 is 15.3 Å². The molecule has 1 saturated heterocycles. The maximum absolute atomic E-state index is 14.0. The Balaban J connectivity index is 1.26. The van der Waals surface area contributed by atoms with Crippen LogP contribution < -0.4 is 9.64 Å². The van der Waals surface area contributed by atoms with Gasteiger partial charge in [0.1, 0.15) is 16.8 Å². The van der Waals surface area contributed by atoms with Gasteiger partial charge in [-0.15, -0.1) is 4.41 Å². The molecule has 2 aliphatic heterocycles. The van der Waals surface area contributed by atoms with Crippen molar-refractivity contribution in [2.24, 2.45) is 0 Å². The fourth-order valence-electron chi connectivity index (χ4n) is 5.40. The fraction of sp³-hybridized carbons (Fsp3) is 0.400. The number of hydrogen-bond acceptors (Lipinski definition) is 5. The second-order valence-electron chi connectivity index (χ2n) is 10.0. The summed E-state index contributed by atoms with van der Waals surface area (Å²) in [6.45, 7) is 5.81. The average molecular weight is 538 g/mol. The number of nitrogens with zero attached hydrogens (tertiary/aromatic N) is 3. The van der Waals surface area contributed by atoms with E-state index in [1.165, 1.54) is 17.7 Å². The zero-order chi connectivity index (χ0) is 26.5. The third kappa shape index (κ3) is 5.87. The molecule has 1 atom stereocenters. The number of hydrogen-bond donors (Lipinski definition) is 0. The first-order valence-electron chi connectivity index (χ1n) is 13.5. The van der Waals surface area contributed by atoms with Gasteiger partial charge in [0, 0.05) is 44.0 Å². The Kier molecular flexibility index (Phi) is 8.31. The molecular formula is C30H36FN3O3S. The van der Waals surface area contributed by atoms with Gasteiger partial charge < -0.3 is 9.64 Å². The Bertz CT molecular complexity index is 1310. The number of benzene rings is 3. The summed E-state index contributed by atoms with van der Waals surface area (Å²) in [6, 6.07) is 22.7. The summed E-state index contributed by atoms with van der Waals surface area (Å²) < 4.78 is 48.8. The van der Waals surface area contributed by atoms with Gasteiger partial charge in [-0.3, -0.25) is 0 Å². The Morgan fingerprint density at radius 3 is 2.26 bits per heavy atom. The lowest BCUT2D eigenvalue weighted by Gasteiger charge is -2.42. The van der Waals surface area contributed by atoms with Crippen LogP contribution in [0.25, 0.3) is 0 Å². The minimum Gasteiger partial charge on any atom is -0.493 e. The molecule has 0 spiro atoms. The predicted molar refractivity (Wildman–Crippen MR) is 149 cm³/mol. The van der Waals surface area contributed by atoms with E-state index in [0.29, 0.717) is 44.8 Å². The smallest absolute Gasteiger partial charge is 0.234 e. The first-order valence-corrected chi connectivity index (χ1v) is 15.0. The summed E-state index contributed by atoms with van der Waals surface area (Å²) in [5, 5.41) is 1.42. The van der Waals surface area contributed by atoms with Crippen LogP contribution in [0.5, 0.6) is 5.75 Å². The molecule has 0 bridgehead atoms. The molecule has 0 aromatic heterocycles. The van der Waals surface area contributed by atoms with Crippen LogP contribution in [0.15, 0.2) is 72.8 Å². The summed E-state index contributed by atoms with van der Waals surface area (Å²) in [7, 11) is -3.61. The van der Waals surface area contributed by atoms with Gasteiger partial charge in [-0.25, -0.2) is 17.8 Å². The van der Waals surface area contributed by atoms with Crippen LogP contribution in [0, 0.1) is 5.82 Å². The summed E-state index contributed by atoms with van der Waals surface area (Å²) in [5.41, 5.74) is 4.15. The SMILES string of the molecule is CCCN(N1CCN(c2ccc(Cc3ccc(F)cc3)cc2)CC1)S(=O)(=O)C1CCCOc2ccccc21.